The molecular formula is C89H170N4O10. The molecule has 14 heteroatoms. The molecule has 0 aromatic carbocycles. The zero-order valence-electron chi connectivity index (χ0n) is 69.0. The lowest BCUT2D eigenvalue weighted by atomic mass is 9.88. The van der Waals surface area contributed by atoms with Crippen molar-refractivity contribution in [2.45, 2.75) is 459 Å². The summed E-state index contributed by atoms with van der Waals surface area (Å²) in [5.41, 5.74) is 0. The van der Waals surface area contributed by atoms with Crippen molar-refractivity contribution in [3.8, 4) is 0 Å². The zero-order chi connectivity index (χ0) is 75.2. The largest absolute Gasteiger partial charge is 0.466 e. The van der Waals surface area contributed by atoms with Crippen molar-refractivity contribution < 1.29 is 47.8 Å². The number of rotatable bonds is 84. The second kappa shape index (κ2) is 79.6. The molecule has 103 heavy (non-hydrogen) atoms. The predicted octanol–water partition coefficient (Wildman–Crippen LogP) is 23.7. The molecule has 0 aromatic rings. The minimum absolute atomic E-state index is 0.0354. The fourth-order valence-corrected chi connectivity index (χ4v) is 14.2. The maximum atomic E-state index is 13.4. The van der Waals surface area contributed by atoms with Crippen molar-refractivity contribution in [3.05, 3.63) is 0 Å². The number of amides is 2. The lowest BCUT2D eigenvalue weighted by molar-refractivity contribution is -0.150. The Kier molecular flexibility index (Phi) is 77.0. The zero-order valence-corrected chi connectivity index (χ0v) is 69.0. The normalized spacial score (nSPS) is 12.1. The Labute approximate surface area is 636 Å². The minimum atomic E-state index is -0.166. The van der Waals surface area contributed by atoms with Gasteiger partial charge < -0.3 is 34.6 Å². The van der Waals surface area contributed by atoms with E-state index < -0.39 is 0 Å². The Morgan fingerprint density at radius 2 is 0.524 bits per heavy atom. The molecule has 2 atom stereocenters. The van der Waals surface area contributed by atoms with Gasteiger partial charge in [-0.25, -0.2) is 0 Å². The van der Waals surface area contributed by atoms with Crippen LogP contribution < -0.4 is 10.6 Å². The maximum absolute atomic E-state index is 13.4. The number of ketones is 2. The summed E-state index contributed by atoms with van der Waals surface area (Å²) in [6.45, 7) is 20.4. The third-order valence-electron chi connectivity index (χ3n) is 21.1. The molecule has 0 heterocycles. The van der Waals surface area contributed by atoms with E-state index in [9.17, 15) is 33.6 Å². The van der Waals surface area contributed by atoms with Gasteiger partial charge in [0.25, 0.3) is 0 Å². The van der Waals surface area contributed by atoms with E-state index in [1.54, 1.807) is 0 Å². The number of nitrogens with one attached hydrogen (secondary N) is 2. The van der Waals surface area contributed by atoms with Crippen LogP contribution in [-0.4, -0.2) is 123 Å². The van der Waals surface area contributed by atoms with E-state index in [1.165, 1.54) is 173 Å². The van der Waals surface area contributed by atoms with Crippen LogP contribution >= 0.6 is 0 Å². The number of hydrogen-bond donors (Lipinski definition) is 2. The van der Waals surface area contributed by atoms with Crippen molar-refractivity contribution in [1.82, 2.24) is 20.4 Å². The molecule has 0 aromatic heterocycles. The molecular weight excluding hydrogens is 1280 g/mol. The van der Waals surface area contributed by atoms with Gasteiger partial charge in [-0.1, -0.05) is 311 Å². The van der Waals surface area contributed by atoms with Crippen molar-refractivity contribution in [1.29, 1.82) is 0 Å². The highest BCUT2D eigenvalue weighted by Crippen LogP contribution is 2.23. The first-order valence-electron chi connectivity index (χ1n) is 45.0. The molecule has 2 N–H and O–H groups in total. The Bertz CT molecular complexity index is 1920. The number of hydrogen-bond acceptors (Lipinski definition) is 12. The van der Waals surface area contributed by atoms with Crippen LogP contribution in [0.4, 0.5) is 0 Å². The summed E-state index contributed by atoms with van der Waals surface area (Å²) in [6, 6.07) is 0. The van der Waals surface area contributed by atoms with E-state index in [-0.39, 0.29) is 66.2 Å². The first-order valence-corrected chi connectivity index (χ1v) is 45.0. The van der Waals surface area contributed by atoms with Crippen LogP contribution in [0.15, 0.2) is 0 Å². The quantitative estimate of drug-likeness (QED) is 0.0255. The first-order chi connectivity index (χ1) is 50.4. The van der Waals surface area contributed by atoms with E-state index >= 15 is 0 Å². The van der Waals surface area contributed by atoms with Crippen LogP contribution in [0.1, 0.15) is 452 Å². The average molecular weight is 1460 g/mol. The smallest absolute Gasteiger partial charge is 0.306 e. The Hall–Kier alpha value is -3.39. The Morgan fingerprint density at radius 3 is 0.874 bits per heavy atom. The average Bonchev–Trinajstić information content (AvgIpc) is 0.991. The van der Waals surface area contributed by atoms with Gasteiger partial charge in [0.1, 0.15) is 6.10 Å². The fourth-order valence-electron chi connectivity index (χ4n) is 14.2. The maximum Gasteiger partial charge on any atom is 0.306 e. The highest BCUT2D eigenvalue weighted by molar-refractivity contribution is 6.37. The molecule has 2 unspecified atom stereocenters. The number of unbranched alkanes of at least 4 members (excludes halogenated alkanes) is 44. The highest BCUT2D eigenvalue weighted by Gasteiger charge is 2.24. The van der Waals surface area contributed by atoms with Crippen LogP contribution in [0.3, 0.4) is 0 Å². The number of carbonyl (C=O) groups is 7. The number of Topliss-reactive ketones (excluding diaryl/α,β-unsaturated/α-hetero) is 2. The first kappa shape index (κ1) is 99.6. The molecule has 0 bridgehead atoms. The van der Waals surface area contributed by atoms with Crippen molar-refractivity contribution in [2.75, 3.05) is 65.6 Å². The third-order valence-corrected chi connectivity index (χ3v) is 21.1. The summed E-state index contributed by atoms with van der Waals surface area (Å²) in [5.74, 6) is -0.895. The van der Waals surface area contributed by atoms with Crippen LogP contribution in [0.25, 0.3) is 0 Å². The van der Waals surface area contributed by atoms with Gasteiger partial charge in [-0.05, 0) is 129 Å². The lowest BCUT2D eigenvalue weighted by Gasteiger charge is -2.23. The summed E-state index contributed by atoms with van der Waals surface area (Å²) < 4.78 is 17.2. The van der Waals surface area contributed by atoms with Gasteiger partial charge in [0, 0.05) is 70.6 Å². The summed E-state index contributed by atoms with van der Waals surface area (Å²) in [4.78, 5) is 96.1. The molecule has 14 nitrogen and oxygen atoms in total. The number of nitrogens with zero attached hydrogens (tertiary/aromatic N) is 2. The van der Waals surface area contributed by atoms with E-state index in [4.69, 9.17) is 14.2 Å². The van der Waals surface area contributed by atoms with Crippen LogP contribution in [0.5, 0.6) is 0 Å². The monoisotopic (exact) mass is 1460 g/mol. The van der Waals surface area contributed by atoms with Gasteiger partial charge in [0.2, 0.25) is 17.6 Å². The van der Waals surface area contributed by atoms with Crippen LogP contribution in [0, 0.1) is 5.92 Å². The number of ether oxygens (including phenoxy) is 3. The molecule has 0 saturated carbocycles. The lowest BCUT2D eigenvalue weighted by Crippen LogP contribution is -2.37. The summed E-state index contributed by atoms with van der Waals surface area (Å²) in [6.07, 6.45) is 66.9. The number of esters is 3. The summed E-state index contributed by atoms with van der Waals surface area (Å²) in [7, 11) is 0. The van der Waals surface area contributed by atoms with Gasteiger partial charge in [0.05, 0.1) is 13.2 Å². The third kappa shape index (κ3) is 71.3. The van der Waals surface area contributed by atoms with E-state index in [2.05, 4.69) is 62.0 Å². The van der Waals surface area contributed by atoms with E-state index in [1.807, 2.05) is 0 Å². The van der Waals surface area contributed by atoms with Gasteiger partial charge in [-0.3, -0.25) is 33.6 Å². The van der Waals surface area contributed by atoms with Gasteiger partial charge in [-0.15, -0.1) is 0 Å². The summed E-state index contributed by atoms with van der Waals surface area (Å²) in [5, 5.41) is 6.19. The molecule has 0 aliphatic carbocycles. The molecule has 0 spiro atoms. The van der Waals surface area contributed by atoms with Crippen molar-refractivity contribution in [2.24, 2.45) is 5.92 Å². The van der Waals surface area contributed by atoms with Crippen LogP contribution in [-0.2, 0) is 47.8 Å². The minimum Gasteiger partial charge on any atom is -0.466 e. The van der Waals surface area contributed by atoms with Gasteiger partial charge in [-0.2, -0.15) is 0 Å². The molecule has 0 fully saturated rings. The highest BCUT2D eigenvalue weighted by atomic mass is 16.5. The van der Waals surface area contributed by atoms with E-state index in [0.29, 0.717) is 65.1 Å². The molecule has 0 rings (SSSR count). The standard InChI is InChI=1S/C89H170N4O10/c1-7-13-19-25-29-31-33-43-59-79-101-86(97)66-53-45-57-75-92(73-55-41-35-39-51-65-83(94)89(100)81(61-47-23-17-11-5)62-48-37-27-21-15-9-3)77-71-90-84(95)69-70-85(96)91-72-78-93(76-58-46-54-67-87(98)102-80-60-44-34-32-30-26-20-14-8-2)74-56-42-36-40-52-68-88(99)103-82(63-49-24-18-12-6)64-50-38-28-22-16-10-4/h81-82H,7-80H2,1-6H3,(H,90,95)(H,91,96). The van der Waals surface area contributed by atoms with Gasteiger partial charge in [0.15, 0.2) is 5.78 Å². The van der Waals surface area contributed by atoms with Crippen molar-refractivity contribution >= 4 is 41.3 Å². The Balaban J connectivity index is 5.36. The second-order valence-electron chi connectivity index (χ2n) is 31.0. The van der Waals surface area contributed by atoms with E-state index in [0.717, 1.165) is 225 Å². The van der Waals surface area contributed by atoms with Crippen LogP contribution in [0.2, 0.25) is 0 Å². The topological polar surface area (TPSA) is 178 Å². The predicted molar refractivity (Wildman–Crippen MR) is 434 cm³/mol. The number of carbonyl (C=O) groups excluding carboxylic acids is 7. The molecule has 2 amide bonds. The molecule has 0 aliphatic rings. The Morgan fingerprint density at radius 1 is 0.262 bits per heavy atom. The molecule has 0 radical (unpaired) electrons. The van der Waals surface area contributed by atoms with Crippen molar-refractivity contribution in [3.63, 3.8) is 0 Å². The van der Waals surface area contributed by atoms with Gasteiger partial charge >= 0.3 is 17.9 Å². The summed E-state index contributed by atoms with van der Waals surface area (Å²) >= 11 is 0. The molecule has 0 saturated heterocycles. The molecule has 606 valence electrons. The fraction of sp³-hybridized carbons (Fsp3) is 0.921. The molecule has 0 aliphatic heterocycles. The SMILES string of the molecule is CCCCCCCCCCCOC(=O)CCCCCN(CCCCCCCC(=O)OC(CCCCCC)CCCCCCCC)CCNC(=O)CCC(=O)NCCN(CCCCCCCC(=O)C(=O)C(CCCCCC)CCCCCCCC)CCCCCC(=O)OCCCCCCCCCCC. The second-order valence-corrected chi connectivity index (χ2v) is 31.0.